The van der Waals surface area contributed by atoms with Gasteiger partial charge in [0, 0.05) is 13.1 Å². The molecule has 2 bridgehead atoms. The largest absolute Gasteiger partial charge is 0.481 e. The van der Waals surface area contributed by atoms with Gasteiger partial charge in [0.25, 0.3) is 0 Å². The second kappa shape index (κ2) is 6.96. The quantitative estimate of drug-likeness (QED) is 0.834. The minimum absolute atomic E-state index is 0.0229. The van der Waals surface area contributed by atoms with Gasteiger partial charge in [-0.1, -0.05) is 36.8 Å². The van der Waals surface area contributed by atoms with Gasteiger partial charge >= 0.3 is 5.97 Å². The van der Waals surface area contributed by atoms with E-state index in [1.807, 2.05) is 25.1 Å². The van der Waals surface area contributed by atoms with Crippen LogP contribution in [0.3, 0.4) is 0 Å². The van der Waals surface area contributed by atoms with E-state index in [-0.39, 0.29) is 17.7 Å². The number of aliphatic carboxylic acids is 1. The Bertz CT molecular complexity index is 600. The van der Waals surface area contributed by atoms with Gasteiger partial charge in [0.15, 0.2) is 0 Å². The molecular formula is C20H27NO3. The van der Waals surface area contributed by atoms with E-state index < -0.39 is 5.97 Å². The Morgan fingerprint density at radius 1 is 1.25 bits per heavy atom. The number of hydrogen-bond donors (Lipinski definition) is 1. The highest BCUT2D eigenvalue weighted by Gasteiger charge is 2.56. The predicted molar refractivity (Wildman–Crippen MR) is 92.5 cm³/mol. The number of rotatable bonds is 7. The molecule has 0 saturated heterocycles. The standard InChI is InChI=1S/C20H27NO3/c1-2-21(11-10-18(22)23)19(24)20(13-15-6-4-3-5-7-15)14-16-8-9-17(20)12-16/h3-7,16-17H,2,8-14H2,1H3,(H,22,23). The zero-order valence-corrected chi connectivity index (χ0v) is 14.4. The normalized spacial score (nSPS) is 28.0. The molecule has 0 heterocycles. The van der Waals surface area contributed by atoms with E-state index in [0.29, 0.717) is 24.9 Å². The Morgan fingerprint density at radius 2 is 2.00 bits per heavy atom. The maximum absolute atomic E-state index is 13.4. The first-order valence-corrected chi connectivity index (χ1v) is 9.10. The number of carboxylic acid groups (broad SMARTS) is 1. The molecule has 1 aromatic carbocycles. The van der Waals surface area contributed by atoms with Crippen molar-refractivity contribution in [2.75, 3.05) is 13.1 Å². The molecule has 24 heavy (non-hydrogen) atoms. The van der Waals surface area contributed by atoms with Crippen molar-refractivity contribution >= 4 is 11.9 Å². The van der Waals surface area contributed by atoms with Crippen molar-refractivity contribution < 1.29 is 14.7 Å². The first-order valence-electron chi connectivity index (χ1n) is 9.10. The minimum atomic E-state index is -0.841. The van der Waals surface area contributed by atoms with E-state index in [1.54, 1.807) is 4.90 Å². The van der Waals surface area contributed by atoms with E-state index in [2.05, 4.69) is 12.1 Å². The van der Waals surface area contributed by atoms with Crippen LogP contribution in [0.15, 0.2) is 30.3 Å². The van der Waals surface area contributed by atoms with Crippen molar-refractivity contribution in [1.29, 1.82) is 0 Å². The first kappa shape index (κ1) is 17.0. The monoisotopic (exact) mass is 329 g/mol. The van der Waals surface area contributed by atoms with Gasteiger partial charge in [-0.2, -0.15) is 0 Å². The molecule has 0 aromatic heterocycles. The molecule has 130 valence electrons. The first-order chi connectivity index (χ1) is 11.5. The average molecular weight is 329 g/mol. The molecule has 3 rings (SSSR count). The number of benzene rings is 1. The van der Waals surface area contributed by atoms with Gasteiger partial charge in [-0.25, -0.2) is 0 Å². The molecule has 2 aliphatic carbocycles. The van der Waals surface area contributed by atoms with Crippen LogP contribution in [0.2, 0.25) is 0 Å². The van der Waals surface area contributed by atoms with Crippen LogP contribution in [0, 0.1) is 17.3 Å². The Balaban J connectivity index is 1.84. The Morgan fingerprint density at radius 3 is 2.54 bits per heavy atom. The van der Waals surface area contributed by atoms with Crippen molar-refractivity contribution in [3.63, 3.8) is 0 Å². The fraction of sp³-hybridized carbons (Fsp3) is 0.600. The average Bonchev–Trinajstić information content (AvgIpc) is 3.17. The van der Waals surface area contributed by atoms with Gasteiger partial charge in [0.1, 0.15) is 0 Å². The molecule has 1 amide bonds. The number of carbonyl (C=O) groups excluding carboxylic acids is 1. The summed E-state index contributed by atoms with van der Waals surface area (Å²) in [5, 5.41) is 8.97. The third kappa shape index (κ3) is 3.19. The second-order valence-electron chi connectivity index (χ2n) is 7.43. The SMILES string of the molecule is CCN(CCC(=O)O)C(=O)C1(Cc2ccccc2)CC2CCC1C2. The summed E-state index contributed by atoms with van der Waals surface area (Å²) in [5.41, 5.74) is 0.895. The Labute approximate surface area is 143 Å². The van der Waals surface area contributed by atoms with Gasteiger partial charge in [-0.05, 0) is 50.0 Å². The van der Waals surface area contributed by atoms with Crippen molar-refractivity contribution in [3.05, 3.63) is 35.9 Å². The van der Waals surface area contributed by atoms with Gasteiger partial charge < -0.3 is 10.0 Å². The number of carbonyl (C=O) groups is 2. The zero-order valence-electron chi connectivity index (χ0n) is 14.4. The molecule has 0 aliphatic heterocycles. The second-order valence-corrected chi connectivity index (χ2v) is 7.43. The van der Waals surface area contributed by atoms with Crippen LogP contribution >= 0.6 is 0 Å². The van der Waals surface area contributed by atoms with E-state index >= 15 is 0 Å². The van der Waals surface area contributed by atoms with Crippen molar-refractivity contribution in [1.82, 2.24) is 4.90 Å². The fourth-order valence-corrected chi connectivity index (χ4v) is 4.91. The van der Waals surface area contributed by atoms with E-state index in [4.69, 9.17) is 5.11 Å². The van der Waals surface area contributed by atoms with E-state index in [0.717, 1.165) is 25.7 Å². The third-order valence-corrected chi connectivity index (χ3v) is 6.03. The molecule has 3 atom stereocenters. The summed E-state index contributed by atoms with van der Waals surface area (Å²) < 4.78 is 0. The maximum Gasteiger partial charge on any atom is 0.305 e. The molecule has 4 nitrogen and oxygen atoms in total. The molecule has 2 aliphatic rings. The highest BCUT2D eigenvalue weighted by Crippen LogP contribution is 2.58. The van der Waals surface area contributed by atoms with Crippen LogP contribution in [-0.2, 0) is 16.0 Å². The summed E-state index contributed by atoms with van der Waals surface area (Å²) in [6.07, 6.45) is 5.33. The number of hydrogen-bond acceptors (Lipinski definition) is 2. The van der Waals surface area contributed by atoms with Crippen LogP contribution in [0.1, 0.15) is 44.6 Å². The molecule has 4 heteroatoms. The van der Waals surface area contributed by atoms with Crippen LogP contribution < -0.4 is 0 Å². The van der Waals surface area contributed by atoms with Gasteiger partial charge in [-0.15, -0.1) is 0 Å². The molecule has 2 fully saturated rings. The highest BCUT2D eigenvalue weighted by molar-refractivity contribution is 5.84. The molecule has 3 unspecified atom stereocenters. The molecule has 1 N–H and O–H groups in total. The summed E-state index contributed by atoms with van der Waals surface area (Å²) >= 11 is 0. The lowest BCUT2D eigenvalue weighted by atomic mass is 9.68. The number of amides is 1. The van der Waals surface area contributed by atoms with Crippen molar-refractivity contribution in [2.45, 2.75) is 45.4 Å². The van der Waals surface area contributed by atoms with E-state index in [9.17, 15) is 9.59 Å². The lowest BCUT2D eigenvalue weighted by molar-refractivity contribution is -0.146. The predicted octanol–water partition coefficient (Wildman–Crippen LogP) is 3.36. The fourth-order valence-electron chi connectivity index (χ4n) is 4.91. The summed E-state index contributed by atoms with van der Waals surface area (Å²) in [4.78, 5) is 26.1. The van der Waals surface area contributed by atoms with Crippen LogP contribution in [0.25, 0.3) is 0 Å². The van der Waals surface area contributed by atoms with Crippen LogP contribution in [-0.4, -0.2) is 35.0 Å². The minimum Gasteiger partial charge on any atom is -0.481 e. The van der Waals surface area contributed by atoms with Gasteiger partial charge in [0.2, 0.25) is 5.91 Å². The van der Waals surface area contributed by atoms with E-state index in [1.165, 1.54) is 12.0 Å². The Hall–Kier alpha value is -1.84. The van der Waals surface area contributed by atoms with Crippen molar-refractivity contribution in [2.24, 2.45) is 17.3 Å². The number of carboxylic acids is 1. The van der Waals surface area contributed by atoms with Crippen LogP contribution in [0.5, 0.6) is 0 Å². The molecule has 1 aromatic rings. The lowest BCUT2D eigenvalue weighted by Gasteiger charge is -2.40. The molecule has 0 spiro atoms. The van der Waals surface area contributed by atoms with Crippen LogP contribution in [0.4, 0.5) is 0 Å². The van der Waals surface area contributed by atoms with Crippen molar-refractivity contribution in [3.8, 4) is 0 Å². The molecule has 0 radical (unpaired) electrons. The lowest BCUT2D eigenvalue weighted by Crippen LogP contribution is -2.48. The maximum atomic E-state index is 13.4. The topological polar surface area (TPSA) is 57.6 Å². The number of nitrogens with zero attached hydrogens (tertiary/aromatic N) is 1. The summed E-state index contributed by atoms with van der Waals surface area (Å²) in [6.45, 7) is 2.85. The molecule has 2 saturated carbocycles. The summed E-state index contributed by atoms with van der Waals surface area (Å²) in [5.74, 6) is 0.462. The zero-order chi connectivity index (χ0) is 17.2. The van der Waals surface area contributed by atoms with Gasteiger partial charge in [0.05, 0.1) is 11.8 Å². The molecular weight excluding hydrogens is 302 g/mol. The highest BCUT2D eigenvalue weighted by atomic mass is 16.4. The number of fused-ring (bicyclic) bond motifs is 2. The Kier molecular flexibility index (Phi) is 4.93. The smallest absolute Gasteiger partial charge is 0.305 e. The summed E-state index contributed by atoms with van der Waals surface area (Å²) in [6, 6.07) is 10.3. The third-order valence-electron chi connectivity index (χ3n) is 6.03. The summed E-state index contributed by atoms with van der Waals surface area (Å²) in [7, 11) is 0. The van der Waals surface area contributed by atoms with Gasteiger partial charge in [-0.3, -0.25) is 9.59 Å².